The van der Waals surface area contributed by atoms with Crippen molar-refractivity contribution in [3.63, 3.8) is 0 Å². The van der Waals surface area contributed by atoms with E-state index in [0.29, 0.717) is 11.4 Å². The third-order valence-electron chi connectivity index (χ3n) is 3.61. The molecule has 122 valence electrons. The Morgan fingerprint density at radius 3 is 2.50 bits per heavy atom. The fourth-order valence-electron chi connectivity index (χ4n) is 2.35. The second-order valence-corrected chi connectivity index (χ2v) is 5.09. The molecule has 1 N–H and O–H groups in total. The minimum absolute atomic E-state index is 0.140. The summed E-state index contributed by atoms with van der Waals surface area (Å²) in [5, 5.41) is 2.62. The first-order chi connectivity index (χ1) is 10.3. The molecule has 1 aliphatic heterocycles. The van der Waals surface area contributed by atoms with E-state index in [0.717, 1.165) is 7.11 Å². The summed E-state index contributed by atoms with van der Waals surface area (Å²) in [4.78, 5) is 13.3. The van der Waals surface area contributed by atoms with Crippen LogP contribution in [0, 0.1) is 0 Å². The molecule has 0 radical (unpaired) electrons. The smallest absolute Gasteiger partial charge is 0.419 e. The summed E-state index contributed by atoms with van der Waals surface area (Å²) >= 11 is 0. The minimum atomic E-state index is -4.45. The molecule has 1 heterocycles. The van der Waals surface area contributed by atoms with E-state index in [2.05, 4.69) is 10.1 Å². The van der Waals surface area contributed by atoms with Crippen LogP contribution in [0.3, 0.4) is 0 Å². The zero-order valence-corrected chi connectivity index (χ0v) is 12.2. The summed E-state index contributed by atoms with van der Waals surface area (Å²) in [6, 6.07) is 6.81. The van der Waals surface area contributed by atoms with Crippen LogP contribution in [0.15, 0.2) is 24.3 Å². The third kappa shape index (κ3) is 3.17. The van der Waals surface area contributed by atoms with Crippen molar-refractivity contribution >= 4 is 11.6 Å². The number of rotatable bonds is 5. The van der Waals surface area contributed by atoms with Crippen LogP contribution in [-0.2, 0) is 9.53 Å². The maximum atomic E-state index is 12.8. The number of likely N-dealkylation sites (tertiary alicyclic amines) is 1. The lowest BCUT2D eigenvalue weighted by molar-refractivity contribution is -0.309. The standard InChI is InChI=1S/C14H17F3N2O3/c1-21-11-6-4-3-5-10(11)18-12(20)7-19-8-13(9-19,22-2)14(15,16)17/h3-6H,7-9H2,1-2H3,(H,18,20). The molecule has 0 spiro atoms. The van der Waals surface area contributed by atoms with Gasteiger partial charge in [0.2, 0.25) is 5.91 Å². The molecular formula is C14H17F3N2O3. The molecule has 22 heavy (non-hydrogen) atoms. The van der Waals surface area contributed by atoms with Gasteiger partial charge in [-0.15, -0.1) is 0 Å². The minimum Gasteiger partial charge on any atom is -0.495 e. The fraction of sp³-hybridized carbons (Fsp3) is 0.500. The molecule has 1 aliphatic rings. The van der Waals surface area contributed by atoms with Gasteiger partial charge in [0.05, 0.1) is 19.3 Å². The average molecular weight is 318 g/mol. The quantitative estimate of drug-likeness (QED) is 0.901. The van der Waals surface area contributed by atoms with Crippen LogP contribution in [0.4, 0.5) is 18.9 Å². The number of hydrogen-bond donors (Lipinski definition) is 1. The first-order valence-corrected chi connectivity index (χ1v) is 6.58. The number of carbonyl (C=O) groups excluding carboxylic acids is 1. The second-order valence-electron chi connectivity index (χ2n) is 5.09. The number of halogens is 3. The van der Waals surface area contributed by atoms with Crippen LogP contribution in [0.2, 0.25) is 0 Å². The summed E-state index contributed by atoms with van der Waals surface area (Å²) in [6.45, 7) is -0.849. The van der Waals surface area contributed by atoms with Gasteiger partial charge in [0.25, 0.3) is 0 Å². The molecular weight excluding hydrogens is 301 g/mol. The van der Waals surface area contributed by atoms with Gasteiger partial charge >= 0.3 is 6.18 Å². The SMILES string of the molecule is COc1ccccc1NC(=O)CN1CC(OC)(C(F)(F)F)C1. The van der Waals surface area contributed by atoms with E-state index in [1.54, 1.807) is 24.3 Å². The Labute approximate surface area is 126 Å². The summed E-state index contributed by atoms with van der Waals surface area (Å²) < 4.78 is 48.2. The summed E-state index contributed by atoms with van der Waals surface area (Å²) in [5.41, 5.74) is -1.69. The molecule has 1 aromatic rings. The van der Waals surface area contributed by atoms with Crippen LogP contribution in [-0.4, -0.2) is 56.4 Å². The maximum absolute atomic E-state index is 12.8. The number of anilines is 1. The number of amides is 1. The summed E-state index contributed by atoms with van der Waals surface area (Å²) in [6.07, 6.45) is -4.45. The predicted octanol–water partition coefficient (Wildman–Crippen LogP) is 1.90. The van der Waals surface area contributed by atoms with Gasteiger partial charge < -0.3 is 14.8 Å². The Kier molecular flexibility index (Phi) is 4.62. The van der Waals surface area contributed by atoms with Crippen molar-refractivity contribution in [3.05, 3.63) is 24.3 Å². The van der Waals surface area contributed by atoms with E-state index in [-0.39, 0.29) is 19.6 Å². The molecule has 1 aromatic carbocycles. The first kappa shape index (κ1) is 16.6. The number of nitrogens with one attached hydrogen (secondary N) is 1. The zero-order chi connectivity index (χ0) is 16.4. The predicted molar refractivity (Wildman–Crippen MR) is 73.9 cm³/mol. The van der Waals surface area contributed by atoms with Crippen LogP contribution < -0.4 is 10.1 Å². The highest BCUT2D eigenvalue weighted by Gasteiger charge is 2.62. The van der Waals surface area contributed by atoms with Crippen molar-refractivity contribution in [1.82, 2.24) is 4.90 Å². The Bertz CT molecular complexity index is 542. The topological polar surface area (TPSA) is 50.8 Å². The van der Waals surface area contributed by atoms with Gasteiger partial charge in [0, 0.05) is 20.2 Å². The average Bonchev–Trinajstić information content (AvgIpc) is 2.41. The van der Waals surface area contributed by atoms with Crippen molar-refractivity contribution in [2.75, 3.05) is 39.2 Å². The number of alkyl halides is 3. The van der Waals surface area contributed by atoms with Gasteiger partial charge in [-0.25, -0.2) is 0 Å². The first-order valence-electron chi connectivity index (χ1n) is 6.58. The molecule has 0 aromatic heterocycles. The molecule has 0 unspecified atom stereocenters. The normalized spacial score (nSPS) is 17.7. The molecule has 1 fully saturated rings. The van der Waals surface area contributed by atoms with Crippen molar-refractivity contribution in [3.8, 4) is 5.75 Å². The molecule has 8 heteroatoms. The molecule has 1 saturated heterocycles. The largest absolute Gasteiger partial charge is 0.495 e. The van der Waals surface area contributed by atoms with Gasteiger partial charge in [-0.05, 0) is 12.1 Å². The number of para-hydroxylation sites is 2. The highest BCUT2D eigenvalue weighted by molar-refractivity contribution is 5.93. The zero-order valence-electron chi connectivity index (χ0n) is 12.2. The summed E-state index contributed by atoms with van der Waals surface area (Å²) in [7, 11) is 2.50. The molecule has 0 bridgehead atoms. The van der Waals surface area contributed by atoms with E-state index < -0.39 is 17.7 Å². The number of hydrogen-bond acceptors (Lipinski definition) is 4. The van der Waals surface area contributed by atoms with Crippen LogP contribution in [0.5, 0.6) is 5.75 Å². The van der Waals surface area contributed by atoms with E-state index in [1.165, 1.54) is 12.0 Å². The van der Waals surface area contributed by atoms with Crippen molar-refractivity contribution < 1.29 is 27.4 Å². The fourth-order valence-corrected chi connectivity index (χ4v) is 2.35. The van der Waals surface area contributed by atoms with Crippen molar-refractivity contribution in [2.45, 2.75) is 11.8 Å². The highest BCUT2D eigenvalue weighted by atomic mass is 19.4. The Morgan fingerprint density at radius 1 is 1.32 bits per heavy atom. The molecule has 0 atom stereocenters. The van der Waals surface area contributed by atoms with Gasteiger partial charge in [-0.1, -0.05) is 12.1 Å². The Hall–Kier alpha value is -1.80. The van der Waals surface area contributed by atoms with E-state index >= 15 is 0 Å². The lowest BCUT2D eigenvalue weighted by atomic mass is 9.93. The number of ether oxygens (including phenoxy) is 2. The molecule has 0 aliphatic carbocycles. The van der Waals surface area contributed by atoms with Crippen LogP contribution in [0.1, 0.15) is 0 Å². The Morgan fingerprint density at radius 2 is 1.95 bits per heavy atom. The molecule has 1 amide bonds. The van der Waals surface area contributed by atoms with E-state index in [4.69, 9.17) is 4.74 Å². The second kappa shape index (κ2) is 6.13. The summed E-state index contributed by atoms with van der Waals surface area (Å²) in [5.74, 6) is 0.0809. The highest BCUT2D eigenvalue weighted by Crippen LogP contribution is 2.40. The number of carbonyl (C=O) groups is 1. The lowest BCUT2D eigenvalue weighted by Gasteiger charge is -2.49. The number of methoxy groups -OCH3 is 2. The maximum Gasteiger partial charge on any atom is 0.419 e. The molecule has 5 nitrogen and oxygen atoms in total. The van der Waals surface area contributed by atoms with E-state index in [9.17, 15) is 18.0 Å². The lowest BCUT2D eigenvalue weighted by Crippen LogP contribution is -2.70. The molecule has 2 rings (SSSR count). The van der Waals surface area contributed by atoms with Crippen LogP contribution >= 0.6 is 0 Å². The van der Waals surface area contributed by atoms with Gasteiger partial charge in [0.15, 0.2) is 5.60 Å². The third-order valence-corrected chi connectivity index (χ3v) is 3.61. The van der Waals surface area contributed by atoms with Crippen molar-refractivity contribution in [1.29, 1.82) is 0 Å². The van der Waals surface area contributed by atoms with Gasteiger partial charge in [-0.2, -0.15) is 13.2 Å². The van der Waals surface area contributed by atoms with E-state index in [1.807, 2.05) is 0 Å². The number of nitrogens with zero attached hydrogens (tertiary/aromatic N) is 1. The van der Waals surface area contributed by atoms with Gasteiger partial charge in [0.1, 0.15) is 5.75 Å². The van der Waals surface area contributed by atoms with Crippen LogP contribution in [0.25, 0.3) is 0 Å². The monoisotopic (exact) mass is 318 g/mol. The van der Waals surface area contributed by atoms with Crippen molar-refractivity contribution in [2.24, 2.45) is 0 Å². The molecule has 0 saturated carbocycles. The Balaban J connectivity index is 1.90. The number of benzene rings is 1. The van der Waals surface area contributed by atoms with Gasteiger partial charge in [-0.3, -0.25) is 9.69 Å².